The van der Waals surface area contributed by atoms with E-state index in [-0.39, 0.29) is 6.61 Å². The monoisotopic (exact) mass is 356 g/mol. The van der Waals surface area contributed by atoms with Crippen LogP contribution in [0.15, 0.2) is 22.7 Å². The fraction of sp³-hybridized carbons (Fsp3) is 0.625. The van der Waals surface area contributed by atoms with E-state index in [1.165, 1.54) is 30.5 Å². The van der Waals surface area contributed by atoms with Crippen LogP contribution < -0.4 is 10.2 Å². The van der Waals surface area contributed by atoms with Gasteiger partial charge in [0.05, 0.1) is 13.2 Å². The van der Waals surface area contributed by atoms with Crippen LogP contribution in [0.1, 0.15) is 24.8 Å². The van der Waals surface area contributed by atoms with Gasteiger partial charge in [0.25, 0.3) is 0 Å². The van der Waals surface area contributed by atoms with Gasteiger partial charge in [-0.1, -0.05) is 15.9 Å². The number of nitrogens with zero attached hydrogens (tertiary/aromatic N) is 1. The number of hydrogen-bond acceptors (Lipinski definition) is 4. The first-order chi connectivity index (χ1) is 10.3. The summed E-state index contributed by atoms with van der Waals surface area (Å²) in [7, 11) is 1.71. The Morgan fingerprint density at radius 2 is 2.24 bits per heavy atom. The Hall–Kier alpha value is -0.620. The van der Waals surface area contributed by atoms with Crippen molar-refractivity contribution < 1.29 is 9.84 Å². The van der Waals surface area contributed by atoms with Gasteiger partial charge in [0.2, 0.25) is 0 Å². The highest BCUT2D eigenvalue weighted by molar-refractivity contribution is 9.10. The van der Waals surface area contributed by atoms with Gasteiger partial charge in [-0.3, -0.25) is 0 Å². The molecule has 1 aromatic rings. The van der Waals surface area contributed by atoms with Crippen LogP contribution in [-0.4, -0.2) is 44.6 Å². The largest absolute Gasteiger partial charge is 0.395 e. The maximum Gasteiger partial charge on any atom is 0.0606 e. The quantitative estimate of drug-likeness (QED) is 0.667. The Morgan fingerprint density at radius 3 is 2.86 bits per heavy atom. The lowest BCUT2D eigenvalue weighted by molar-refractivity contribution is 0.199. The zero-order chi connectivity index (χ0) is 15.1. The number of ether oxygens (including phenoxy) is 1. The van der Waals surface area contributed by atoms with Gasteiger partial charge in [-0.2, -0.15) is 0 Å². The molecule has 1 aliphatic rings. The molecular weight excluding hydrogens is 332 g/mol. The average Bonchev–Trinajstić information content (AvgIpc) is 2.41. The first-order valence-corrected chi connectivity index (χ1v) is 8.41. The fourth-order valence-electron chi connectivity index (χ4n) is 2.68. The molecule has 0 heterocycles. The van der Waals surface area contributed by atoms with E-state index in [1.807, 2.05) is 0 Å². The number of aliphatic hydroxyl groups is 1. The van der Waals surface area contributed by atoms with Crippen LogP contribution >= 0.6 is 15.9 Å². The molecule has 4 nitrogen and oxygen atoms in total. The van der Waals surface area contributed by atoms with Crippen LogP contribution in [0.4, 0.5) is 5.69 Å². The maximum absolute atomic E-state index is 9.37. The van der Waals surface area contributed by atoms with Gasteiger partial charge in [-0.05, 0) is 43.0 Å². The summed E-state index contributed by atoms with van der Waals surface area (Å²) in [6, 6.07) is 6.98. The lowest BCUT2D eigenvalue weighted by Crippen LogP contribution is -2.42. The van der Waals surface area contributed by atoms with Crippen molar-refractivity contribution in [3.63, 3.8) is 0 Å². The highest BCUT2D eigenvalue weighted by Gasteiger charge is 2.26. The molecule has 1 aliphatic carbocycles. The van der Waals surface area contributed by atoms with Gasteiger partial charge in [-0.15, -0.1) is 0 Å². The molecule has 1 saturated carbocycles. The number of halogens is 1. The SMILES string of the molecule is COCCNCc1cc(Br)ccc1N(CCO)C1CCC1. The molecule has 0 unspecified atom stereocenters. The van der Waals surface area contributed by atoms with Crippen molar-refractivity contribution in [2.45, 2.75) is 31.8 Å². The zero-order valence-corrected chi connectivity index (χ0v) is 14.2. The molecule has 0 aromatic heterocycles. The van der Waals surface area contributed by atoms with Crippen molar-refractivity contribution in [2.24, 2.45) is 0 Å². The lowest BCUT2D eigenvalue weighted by Gasteiger charge is -2.40. The lowest BCUT2D eigenvalue weighted by atomic mass is 9.90. The molecule has 0 saturated heterocycles. The van der Waals surface area contributed by atoms with E-state index in [9.17, 15) is 5.11 Å². The summed E-state index contributed by atoms with van der Waals surface area (Å²) in [5.74, 6) is 0. The minimum atomic E-state index is 0.198. The summed E-state index contributed by atoms with van der Waals surface area (Å²) >= 11 is 3.55. The van der Waals surface area contributed by atoms with Crippen molar-refractivity contribution in [3.8, 4) is 0 Å². The third kappa shape index (κ3) is 4.68. The number of nitrogens with one attached hydrogen (secondary N) is 1. The summed E-state index contributed by atoms with van der Waals surface area (Å²) in [6.45, 7) is 3.27. The minimum Gasteiger partial charge on any atom is -0.395 e. The number of aliphatic hydroxyl groups excluding tert-OH is 1. The van der Waals surface area contributed by atoms with E-state index in [1.54, 1.807) is 7.11 Å². The Labute approximate surface area is 135 Å². The third-order valence-electron chi connectivity index (χ3n) is 4.01. The Balaban J connectivity index is 2.11. The second-order valence-electron chi connectivity index (χ2n) is 5.44. The van der Waals surface area contributed by atoms with Gasteiger partial charge in [0.1, 0.15) is 0 Å². The molecule has 2 rings (SSSR count). The molecule has 5 heteroatoms. The first kappa shape index (κ1) is 16.7. The van der Waals surface area contributed by atoms with E-state index in [0.29, 0.717) is 19.2 Å². The third-order valence-corrected chi connectivity index (χ3v) is 4.50. The minimum absolute atomic E-state index is 0.198. The normalized spacial score (nSPS) is 15.0. The van der Waals surface area contributed by atoms with Crippen LogP contribution in [-0.2, 0) is 11.3 Å². The summed E-state index contributed by atoms with van der Waals surface area (Å²) in [5.41, 5.74) is 2.50. The Morgan fingerprint density at radius 1 is 1.43 bits per heavy atom. The molecule has 118 valence electrons. The molecule has 0 spiro atoms. The van der Waals surface area contributed by atoms with Crippen LogP contribution in [0.2, 0.25) is 0 Å². The molecule has 0 aliphatic heterocycles. The highest BCUT2D eigenvalue weighted by atomic mass is 79.9. The average molecular weight is 357 g/mol. The number of benzene rings is 1. The molecule has 1 fully saturated rings. The first-order valence-electron chi connectivity index (χ1n) is 7.62. The Kier molecular flexibility index (Phi) is 6.96. The number of hydrogen-bond donors (Lipinski definition) is 2. The number of methoxy groups -OCH3 is 1. The molecule has 1 aromatic carbocycles. The molecular formula is C16H25BrN2O2. The molecule has 0 radical (unpaired) electrons. The molecule has 0 atom stereocenters. The van der Waals surface area contributed by atoms with E-state index in [2.05, 4.69) is 44.3 Å². The Bertz CT molecular complexity index is 438. The topological polar surface area (TPSA) is 44.7 Å². The van der Waals surface area contributed by atoms with Gasteiger partial charge in [-0.25, -0.2) is 0 Å². The van der Waals surface area contributed by atoms with Crippen molar-refractivity contribution >= 4 is 21.6 Å². The summed E-state index contributed by atoms with van der Waals surface area (Å²) in [6.07, 6.45) is 3.75. The van der Waals surface area contributed by atoms with Crippen molar-refractivity contribution in [1.82, 2.24) is 5.32 Å². The van der Waals surface area contributed by atoms with Gasteiger partial charge >= 0.3 is 0 Å². The van der Waals surface area contributed by atoms with Crippen LogP contribution in [0, 0.1) is 0 Å². The van der Waals surface area contributed by atoms with E-state index in [4.69, 9.17) is 4.74 Å². The van der Waals surface area contributed by atoms with Crippen molar-refractivity contribution in [1.29, 1.82) is 0 Å². The fourth-order valence-corrected chi connectivity index (χ4v) is 3.09. The molecule has 2 N–H and O–H groups in total. The van der Waals surface area contributed by atoms with E-state index < -0.39 is 0 Å². The molecule has 0 amide bonds. The maximum atomic E-state index is 9.37. The predicted molar refractivity (Wildman–Crippen MR) is 89.8 cm³/mol. The number of anilines is 1. The number of rotatable bonds is 9. The predicted octanol–water partition coefficient (Wildman–Crippen LogP) is 2.54. The van der Waals surface area contributed by atoms with Crippen LogP contribution in [0.25, 0.3) is 0 Å². The molecule has 0 bridgehead atoms. The highest BCUT2D eigenvalue weighted by Crippen LogP contribution is 2.32. The van der Waals surface area contributed by atoms with Crippen LogP contribution in [0.5, 0.6) is 0 Å². The second-order valence-corrected chi connectivity index (χ2v) is 6.36. The zero-order valence-electron chi connectivity index (χ0n) is 12.6. The van der Waals surface area contributed by atoms with E-state index >= 15 is 0 Å². The van der Waals surface area contributed by atoms with Gasteiger partial charge in [0.15, 0.2) is 0 Å². The summed E-state index contributed by atoms with van der Waals surface area (Å²) < 4.78 is 6.16. The van der Waals surface area contributed by atoms with Gasteiger partial charge in [0, 0.05) is 42.9 Å². The van der Waals surface area contributed by atoms with E-state index in [0.717, 1.165) is 17.6 Å². The smallest absolute Gasteiger partial charge is 0.0606 e. The second kappa shape index (κ2) is 8.73. The van der Waals surface area contributed by atoms with Crippen LogP contribution in [0.3, 0.4) is 0 Å². The van der Waals surface area contributed by atoms with Crippen molar-refractivity contribution in [3.05, 3.63) is 28.2 Å². The van der Waals surface area contributed by atoms with Crippen molar-refractivity contribution in [2.75, 3.05) is 38.3 Å². The molecule has 21 heavy (non-hydrogen) atoms. The standard InChI is InChI=1S/C16H25BrN2O2/c1-21-10-7-18-12-13-11-14(17)5-6-16(13)19(8-9-20)15-3-2-4-15/h5-6,11,15,18,20H,2-4,7-10,12H2,1H3. The summed E-state index contributed by atoms with van der Waals surface area (Å²) in [4.78, 5) is 2.36. The van der Waals surface area contributed by atoms with Gasteiger partial charge < -0.3 is 20.1 Å². The summed E-state index contributed by atoms with van der Waals surface area (Å²) in [5, 5.41) is 12.8.